The van der Waals surface area contributed by atoms with Crippen LogP contribution >= 0.6 is 0 Å². The van der Waals surface area contributed by atoms with E-state index in [2.05, 4.69) is 74.0 Å². The fraction of sp³-hybridized carbons (Fsp3) is 0.474. The molecule has 2 nitrogen and oxygen atoms in total. The van der Waals surface area contributed by atoms with Gasteiger partial charge in [-0.25, -0.2) is 0 Å². The van der Waals surface area contributed by atoms with Gasteiger partial charge in [0, 0.05) is 30.5 Å². The lowest BCUT2D eigenvalue weighted by Crippen LogP contribution is -2.21. The third-order valence-corrected chi connectivity index (χ3v) is 4.31. The molecule has 0 fully saturated rings. The average molecular weight is 284 g/mol. The molecule has 1 aromatic carbocycles. The monoisotopic (exact) mass is 284 g/mol. The first-order valence-corrected chi connectivity index (χ1v) is 8.11. The van der Waals surface area contributed by atoms with E-state index in [9.17, 15) is 0 Å². The van der Waals surface area contributed by atoms with Crippen LogP contribution in [0.15, 0.2) is 36.4 Å². The zero-order chi connectivity index (χ0) is 15.2. The number of nitrogens with one attached hydrogen (secondary N) is 1. The van der Waals surface area contributed by atoms with Gasteiger partial charge in [-0.15, -0.1) is 0 Å². The van der Waals surface area contributed by atoms with Gasteiger partial charge < -0.3 is 9.88 Å². The van der Waals surface area contributed by atoms with E-state index in [1.807, 2.05) is 0 Å². The van der Waals surface area contributed by atoms with E-state index in [1.54, 1.807) is 0 Å². The molecule has 2 heteroatoms. The van der Waals surface area contributed by atoms with Crippen molar-refractivity contribution in [2.24, 2.45) is 0 Å². The van der Waals surface area contributed by atoms with Crippen LogP contribution in [0.5, 0.6) is 0 Å². The second-order valence-corrected chi connectivity index (χ2v) is 5.77. The highest BCUT2D eigenvalue weighted by Gasteiger charge is 2.12. The summed E-state index contributed by atoms with van der Waals surface area (Å²) in [5, 5.41) is 3.75. The fourth-order valence-electron chi connectivity index (χ4n) is 3.13. The molecule has 0 saturated heterocycles. The molecule has 0 radical (unpaired) electrons. The molecule has 0 saturated carbocycles. The van der Waals surface area contributed by atoms with Gasteiger partial charge in [-0.1, -0.05) is 43.7 Å². The van der Waals surface area contributed by atoms with E-state index in [-0.39, 0.29) is 0 Å². The minimum atomic E-state index is 0.445. The van der Waals surface area contributed by atoms with Gasteiger partial charge in [0.25, 0.3) is 0 Å². The van der Waals surface area contributed by atoms with E-state index in [4.69, 9.17) is 0 Å². The number of aromatic nitrogens is 1. The summed E-state index contributed by atoms with van der Waals surface area (Å²) in [5.74, 6) is 0. The van der Waals surface area contributed by atoms with Gasteiger partial charge in [0.1, 0.15) is 0 Å². The Bertz CT molecular complexity index is 554. The maximum Gasteiger partial charge on any atom is 0.0323 e. The molecule has 0 spiro atoms. The van der Waals surface area contributed by atoms with Crippen LogP contribution in [-0.2, 0) is 13.1 Å². The predicted octanol–water partition coefficient (Wildman–Crippen LogP) is 4.76. The standard InChI is InChI=1S/C19H28N2/c1-5-10-19(17-11-8-7-9-12-17)20-14-18-13-15(3)21(6-2)16(18)4/h7-9,11-13,19-20H,5-6,10,14H2,1-4H3. The van der Waals surface area contributed by atoms with E-state index >= 15 is 0 Å². The summed E-state index contributed by atoms with van der Waals surface area (Å²) in [5.41, 5.74) is 5.57. The molecule has 0 aliphatic rings. The Balaban J connectivity index is 2.09. The topological polar surface area (TPSA) is 17.0 Å². The Morgan fingerprint density at radius 3 is 2.38 bits per heavy atom. The molecule has 2 rings (SSSR count). The summed E-state index contributed by atoms with van der Waals surface area (Å²) in [6, 6.07) is 13.6. The molecule has 0 aliphatic carbocycles. The van der Waals surface area contributed by atoms with Gasteiger partial charge in [-0.3, -0.25) is 0 Å². The Labute approximate surface area is 129 Å². The summed E-state index contributed by atoms with van der Waals surface area (Å²) in [7, 11) is 0. The molecule has 1 atom stereocenters. The lowest BCUT2D eigenvalue weighted by Gasteiger charge is -2.19. The molecule has 1 aromatic heterocycles. The summed E-state index contributed by atoms with van der Waals surface area (Å²) < 4.78 is 2.38. The fourth-order valence-corrected chi connectivity index (χ4v) is 3.13. The second kappa shape index (κ2) is 7.46. The van der Waals surface area contributed by atoms with Crippen LogP contribution in [0, 0.1) is 13.8 Å². The number of aryl methyl sites for hydroxylation is 1. The van der Waals surface area contributed by atoms with Crippen molar-refractivity contribution >= 4 is 0 Å². The predicted molar refractivity (Wildman–Crippen MR) is 90.5 cm³/mol. The maximum atomic E-state index is 3.75. The molecule has 1 N–H and O–H groups in total. The first-order chi connectivity index (χ1) is 10.2. The summed E-state index contributed by atoms with van der Waals surface area (Å²) >= 11 is 0. The number of benzene rings is 1. The average Bonchev–Trinajstić information content (AvgIpc) is 2.78. The van der Waals surface area contributed by atoms with E-state index in [1.165, 1.54) is 35.4 Å². The lowest BCUT2D eigenvalue weighted by molar-refractivity contribution is 0.492. The molecule has 1 unspecified atom stereocenters. The molecule has 0 amide bonds. The Morgan fingerprint density at radius 1 is 1.10 bits per heavy atom. The molecular weight excluding hydrogens is 256 g/mol. The second-order valence-electron chi connectivity index (χ2n) is 5.77. The summed E-state index contributed by atoms with van der Waals surface area (Å²) in [6.45, 7) is 10.9. The highest BCUT2D eigenvalue weighted by Crippen LogP contribution is 2.20. The Kier molecular flexibility index (Phi) is 5.63. The van der Waals surface area contributed by atoms with Crippen molar-refractivity contribution in [1.29, 1.82) is 0 Å². The Morgan fingerprint density at radius 2 is 1.81 bits per heavy atom. The van der Waals surface area contributed by atoms with Crippen LogP contribution in [0.2, 0.25) is 0 Å². The van der Waals surface area contributed by atoms with Crippen LogP contribution < -0.4 is 5.32 Å². The Hall–Kier alpha value is -1.54. The van der Waals surface area contributed by atoms with Gasteiger partial charge in [0.05, 0.1) is 0 Å². The van der Waals surface area contributed by atoms with E-state index in [0.717, 1.165) is 13.1 Å². The quantitative estimate of drug-likeness (QED) is 0.776. The molecule has 21 heavy (non-hydrogen) atoms. The highest BCUT2D eigenvalue weighted by molar-refractivity contribution is 5.27. The van der Waals surface area contributed by atoms with Gasteiger partial charge >= 0.3 is 0 Å². The van der Waals surface area contributed by atoms with Gasteiger partial charge in [0.15, 0.2) is 0 Å². The van der Waals surface area contributed by atoms with Crippen molar-refractivity contribution in [2.75, 3.05) is 0 Å². The van der Waals surface area contributed by atoms with Crippen LogP contribution in [0.25, 0.3) is 0 Å². The number of hydrogen-bond acceptors (Lipinski definition) is 1. The van der Waals surface area contributed by atoms with Gasteiger partial charge in [-0.05, 0) is 44.4 Å². The highest BCUT2D eigenvalue weighted by atomic mass is 15.0. The zero-order valence-electron chi connectivity index (χ0n) is 13.8. The first kappa shape index (κ1) is 15.8. The van der Waals surface area contributed by atoms with Crippen LogP contribution in [0.4, 0.5) is 0 Å². The van der Waals surface area contributed by atoms with Crippen molar-refractivity contribution in [2.45, 2.75) is 59.7 Å². The molecule has 1 heterocycles. The lowest BCUT2D eigenvalue weighted by atomic mass is 10.0. The molecule has 114 valence electrons. The van der Waals surface area contributed by atoms with Crippen molar-refractivity contribution < 1.29 is 0 Å². The molecular formula is C19H28N2. The molecule has 2 aromatic rings. The van der Waals surface area contributed by atoms with Crippen LogP contribution in [-0.4, -0.2) is 4.57 Å². The maximum absolute atomic E-state index is 3.75. The van der Waals surface area contributed by atoms with Crippen molar-refractivity contribution in [1.82, 2.24) is 9.88 Å². The minimum absolute atomic E-state index is 0.445. The largest absolute Gasteiger partial charge is 0.349 e. The van der Waals surface area contributed by atoms with E-state index in [0.29, 0.717) is 6.04 Å². The third-order valence-electron chi connectivity index (χ3n) is 4.31. The van der Waals surface area contributed by atoms with Crippen molar-refractivity contribution in [3.05, 3.63) is 58.9 Å². The summed E-state index contributed by atoms with van der Waals surface area (Å²) in [6.07, 6.45) is 2.37. The van der Waals surface area contributed by atoms with Crippen molar-refractivity contribution in [3.8, 4) is 0 Å². The zero-order valence-corrected chi connectivity index (χ0v) is 13.8. The summed E-state index contributed by atoms with van der Waals surface area (Å²) in [4.78, 5) is 0. The third kappa shape index (κ3) is 3.76. The van der Waals surface area contributed by atoms with Gasteiger partial charge in [-0.2, -0.15) is 0 Å². The van der Waals surface area contributed by atoms with Gasteiger partial charge in [0.2, 0.25) is 0 Å². The van der Waals surface area contributed by atoms with E-state index < -0.39 is 0 Å². The SMILES string of the molecule is CCCC(NCc1cc(C)n(CC)c1C)c1ccccc1. The minimum Gasteiger partial charge on any atom is -0.349 e. The number of nitrogens with zero attached hydrogens (tertiary/aromatic N) is 1. The normalized spacial score (nSPS) is 12.6. The molecule has 0 aliphatic heterocycles. The first-order valence-electron chi connectivity index (χ1n) is 8.11. The van der Waals surface area contributed by atoms with Crippen molar-refractivity contribution in [3.63, 3.8) is 0 Å². The van der Waals surface area contributed by atoms with Crippen LogP contribution in [0.3, 0.4) is 0 Å². The van der Waals surface area contributed by atoms with Crippen LogP contribution in [0.1, 0.15) is 55.2 Å². The number of hydrogen-bond donors (Lipinski definition) is 1. The molecule has 0 bridgehead atoms. The number of rotatable bonds is 7. The smallest absolute Gasteiger partial charge is 0.0323 e.